The number of furan rings is 1. The molecule has 0 aliphatic carbocycles. The van der Waals surface area contributed by atoms with Gasteiger partial charge in [0.2, 0.25) is 0 Å². The maximum atomic E-state index is 13.0. The fourth-order valence-corrected chi connectivity index (χ4v) is 4.16. The van der Waals surface area contributed by atoms with Crippen molar-refractivity contribution in [2.24, 2.45) is 0 Å². The second-order valence-electron chi connectivity index (χ2n) is 6.78. The minimum Gasteiger partial charge on any atom is -0.507 e. The first-order chi connectivity index (χ1) is 14.9. The maximum Gasteiger partial charge on any atom is 0.296 e. The van der Waals surface area contributed by atoms with Gasteiger partial charge in [-0.3, -0.25) is 14.6 Å². The first-order valence-corrected chi connectivity index (χ1v) is 9.92. The summed E-state index contributed by atoms with van der Waals surface area (Å²) in [5.74, 6) is -1.46. The molecule has 3 aromatic rings. The summed E-state index contributed by atoms with van der Waals surface area (Å²) < 4.78 is 10.6. The van der Waals surface area contributed by atoms with Gasteiger partial charge in [-0.05, 0) is 35.9 Å². The summed E-state index contributed by atoms with van der Waals surface area (Å²) in [6.45, 7) is 0.102. The lowest BCUT2D eigenvalue weighted by molar-refractivity contribution is -0.140. The van der Waals surface area contributed by atoms with Crippen LogP contribution < -0.4 is 4.74 Å². The third kappa shape index (κ3) is 3.78. The van der Waals surface area contributed by atoms with E-state index in [1.165, 1.54) is 30.4 Å². The van der Waals surface area contributed by atoms with Gasteiger partial charge in [-0.1, -0.05) is 29.3 Å². The summed E-state index contributed by atoms with van der Waals surface area (Å²) in [7, 11) is 1.41. The van der Waals surface area contributed by atoms with Crippen LogP contribution in [0.25, 0.3) is 5.76 Å². The predicted octanol–water partition coefficient (Wildman–Crippen LogP) is 4.61. The Morgan fingerprint density at radius 3 is 2.55 bits per heavy atom. The number of amides is 1. The minimum atomic E-state index is -0.935. The third-order valence-electron chi connectivity index (χ3n) is 4.90. The van der Waals surface area contributed by atoms with E-state index in [0.717, 1.165) is 5.56 Å². The molecule has 31 heavy (non-hydrogen) atoms. The van der Waals surface area contributed by atoms with Crippen LogP contribution in [-0.4, -0.2) is 33.8 Å². The molecule has 2 aromatic heterocycles. The molecule has 0 saturated carbocycles. The van der Waals surface area contributed by atoms with Gasteiger partial charge in [0.15, 0.2) is 5.75 Å². The predicted molar refractivity (Wildman–Crippen MR) is 114 cm³/mol. The van der Waals surface area contributed by atoms with Gasteiger partial charge in [0.1, 0.15) is 17.6 Å². The number of rotatable bonds is 5. The van der Waals surface area contributed by atoms with Crippen molar-refractivity contribution in [2.75, 3.05) is 7.11 Å². The van der Waals surface area contributed by atoms with Gasteiger partial charge < -0.3 is 19.2 Å². The third-order valence-corrected chi connectivity index (χ3v) is 5.47. The van der Waals surface area contributed by atoms with Gasteiger partial charge in [0.05, 0.1) is 29.0 Å². The number of aliphatic hydroxyl groups is 1. The minimum absolute atomic E-state index is 0.102. The second kappa shape index (κ2) is 8.45. The van der Waals surface area contributed by atoms with Crippen LogP contribution in [0.1, 0.15) is 22.9 Å². The van der Waals surface area contributed by atoms with Crippen molar-refractivity contribution in [1.29, 1.82) is 0 Å². The van der Waals surface area contributed by atoms with Crippen molar-refractivity contribution in [3.05, 3.63) is 87.6 Å². The number of benzene rings is 1. The number of aliphatic hydroxyl groups excluding tert-OH is 1. The average Bonchev–Trinajstić information content (AvgIpc) is 3.36. The molecule has 0 bridgehead atoms. The standard InChI is InChI=1S/C22H16Cl2N2O5/c1-30-21-14(23)8-13(9-15(21)24)19(27)17-18(16-5-3-7-31-16)26(22(29)20(17)28)11-12-4-2-6-25-10-12/h2-10,18,27H,11H2,1H3/b19-17-. The number of nitrogens with zero attached hydrogens (tertiary/aromatic N) is 2. The Morgan fingerprint density at radius 1 is 1.23 bits per heavy atom. The number of ketones is 1. The molecule has 1 fully saturated rings. The Bertz CT molecular complexity index is 1150. The van der Waals surface area contributed by atoms with E-state index < -0.39 is 23.5 Å². The maximum absolute atomic E-state index is 13.0. The van der Waals surface area contributed by atoms with E-state index in [4.69, 9.17) is 32.4 Å². The summed E-state index contributed by atoms with van der Waals surface area (Å²) in [6.07, 6.45) is 4.64. The lowest BCUT2D eigenvalue weighted by Crippen LogP contribution is -2.29. The normalized spacial score (nSPS) is 17.9. The fourth-order valence-electron chi connectivity index (χ4n) is 3.52. The number of aromatic nitrogens is 1. The van der Waals surface area contributed by atoms with E-state index in [-0.39, 0.29) is 33.5 Å². The van der Waals surface area contributed by atoms with Gasteiger partial charge >= 0.3 is 0 Å². The van der Waals surface area contributed by atoms with Crippen molar-refractivity contribution in [3.63, 3.8) is 0 Å². The number of hydrogen-bond acceptors (Lipinski definition) is 6. The second-order valence-corrected chi connectivity index (χ2v) is 7.59. The number of carbonyl (C=O) groups is 2. The van der Waals surface area contributed by atoms with E-state index in [9.17, 15) is 14.7 Å². The van der Waals surface area contributed by atoms with Crippen molar-refractivity contribution in [2.45, 2.75) is 12.6 Å². The quantitative estimate of drug-likeness (QED) is 0.340. The van der Waals surface area contributed by atoms with Gasteiger partial charge in [-0.2, -0.15) is 0 Å². The lowest BCUT2D eigenvalue weighted by Gasteiger charge is -2.23. The molecule has 158 valence electrons. The van der Waals surface area contributed by atoms with Crippen LogP contribution in [0.5, 0.6) is 5.75 Å². The molecule has 0 radical (unpaired) electrons. The van der Waals surface area contributed by atoms with E-state index in [2.05, 4.69) is 4.98 Å². The van der Waals surface area contributed by atoms with Crippen molar-refractivity contribution < 1.29 is 23.8 Å². The molecule has 1 amide bonds. The smallest absolute Gasteiger partial charge is 0.296 e. The van der Waals surface area contributed by atoms with Gasteiger partial charge in [0.25, 0.3) is 11.7 Å². The topological polar surface area (TPSA) is 92.9 Å². The van der Waals surface area contributed by atoms with Crippen LogP contribution in [0.15, 0.2) is 65.0 Å². The molecule has 3 heterocycles. The molecular formula is C22H16Cl2N2O5. The Hall–Kier alpha value is -3.29. The van der Waals surface area contributed by atoms with E-state index in [0.29, 0.717) is 5.76 Å². The number of Topliss-reactive ketones (excluding diaryl/α,β-unsaturated/α-hetero) is 1. The Kier molecular flexibility index (Phi) is 5.71. The summed E-state index contributed by atoms with van der Waals surface area (Å²) in [6, 6.07) is 8.68. The van der Waals surface area contributed by atoms with Gasteiger partial charge in [-0.15, -0.1) is 0 Å². The first-order valence-electron chi connectivity index (χ1n) is 9.16. The van der Waals surface area contributed by atoms with Crippen molar-refractivity contribution >= 4 is 40.7 Å². The summed E-state index contributed by atoms with van der Waals surface area (Å²) in [5, 5.41) is 11.3. The highest BCUT2D eigenvalue weighted by molar-refractivity contribution is 6.46. The van der Waals surface area contributed by atoms with Gasteiger partial charge in [-0.25, -0.2) is 0 Å². The number of pyridine rings is 1. The number of carbonyl (C=O) groups excluding carboxylic acids is 2. The van der Waals surface area contributed by atoms with E-state index in [1.54, 1.807) is 36.7 Å². The van der Waals surface area contributed by atoms with Crippen LogP contribution in [0.2, 0.25) is 10.0 Å². The van der Waals surface area contributed by atoms with E-state index in [1.807, 2.05) is 0 Å². The molecular weight excluding hydrogens is 443 g/mol. The van der Waals surface area contributed by atoms with Crippen LogP contribution >= 0.6 is 23.2 Å². The Morgan fingerprint density at radius 2 is 1.97 bits per heavy atom. The molecule has 4 rings (SSSR count). The Labute approximate surface area is 187 Å². The fraction of sp³-hybridized carbons (Fsp3) is 0.136. The molecule has 1 unspecified atom stereocenters. The number of hydrogen-bond donors (Lipinski definition) is 1. The number of ether oxygens (including phenoxy) is 1. The largest absolute Gasteiger partial charge is 0.507 e. The number of methoxy groups -OCH3 is 1. The lowest BCUT2D eigenvalue weighted by atomic mass is 9.99. The van der Waals surface area contributed by atoms with Crippen LogP contribution in [-0.2, 0) is 16.1 Å². The Balaban J connectivity index is 1.85. The van der Waals surface area contributed by atoms with Crippen molar-refractivity contribution in [3.8, 4) is 5.75 Å². The zero-order valence-corrected chi connectivity index (χ0v) is 17.7. The molecule has 1 aliphatic rings. The zero-order valence-electron chi connectivity index (χ0n) is 16.2. The SMILES string of the molecule is COc1c(Cl)cc(/C(O)=C2/C(=O)C(=O)N(Cc3cccnc3)C2c2ccco2)cc1Cl. The number of likely N-dealkylation sites (tertiary alicyclic amines) is 1. The summed E-state index contributed by atoms with van der Waals surface area (Å²) in [4.78, 5) is 31.2. The highest BCUT2D eigenvalue weighted by atomic mass is 35.5. The first kappa shape index (κ1) is 21.0. The monoisotopic (exact) mass is 458 g/mol. The number of halogens is 2. The molecule has 1 saturated heterocycles. The molecule has 1 aliphatic heterocycles. The molecule has 1 atom stereocenters. The molecule has 9 heteroatoms. The summed E-state index contributed by atoms with van der Waals surface area (Å²) >= 11 is 12.4. The molecule has 7 nitrogen and oxygen atoms in total. The van der Waals surface area contributed by atoms with Crippen LogP contribution in [0.3, 0.4) is 0 Å². The highest BCUT2D eigenvalue weighted by Crippen LogP contribution is 2.42. The van der Waals surface area contributed by atoms with Crippen LogP contribution in [0.4, 0.5) is 0 Å². The average molecular weight is 459 g/mol. The molecule has 0 spiro atoms. The van der Waals surface area contributed by atoms with Crippen molar-refractivity contribution in [1.82, 2.24) is 9.88 Å². The molecule has 1 N–H and O–H groups in total. The van der Waals surface area contributed by atoms with Gasteiger partial charge in [0, 0.05) is 24.5 Å². The zero-order chi connectivity index (χ0) is 22.1. The van der Waals surface area contributed by atoms with E-state index >= 15 is 0 Å². The molecule has 1 aromatic carbocycles. The highest BCUT2D eigenvalue weighted by Gasteiger charge is 2.47. The van der Waals surface area contributed by atoms with Crippen LogP contribution in [0, 0.1) is 0 Å². The summed E-state index contributed by atoms with van der Waals surface area (Å²) in [5.41, 5.74) is 0.768.